The van der Waals surface area contributed by atoms with E-state index in [-0.39, 0.29) is 18.1 Å². The van der Waals surface area contributed by atoms with E-state index in [0.29, 0.717) is 23.6 Å². The van der Waals surface area contributed by atoms with Crippen molar-refractivity contribution in [2.45, 2.75) is 26.7 Å². The molecule has 0 fully saturated rings. The molecule has 5 heteroatoms. The summed E-state index contributed by atoms with van der Waals surface area (Å²) in [6, 6.07) is 13.8. The number of hydrogen-bond acceptors (Lipinski definition) is 3. The molecule has 1 N–H and O–H groups in total. The van der Waals surface area contributed by atoms with Gasteiger partial charge in [0.15, 0.2) is 0 Å². The van der Waals surface area contributed by atoms with E-state index in [1.807, 2.05) is 32.0 Å². The van der Waals surface area contributed by atoms with E-state index in [9.17, 15) is 9.18 Å². The van der Waals surface area contributed by atoms with Crippen LogP contribution in [0.4, 0.5) is 10.1 Å². The normalized spacial score (nSPS) is 10.7. The van der Waals surface area contributed by atoms with Crippen molar-refractivity contribution in [2.24, 2.45) is 0 Å². The molecule has 0 atom stereocenters. The second kappa shape index (κ2) is 7.30. The van der Waals surface area contributed by atoms with E-state index in [2.05, 4.69) is 10.3 Å². The van der Waals surface area contributed by atoms with E-state index >= 15 is 0 Å². The summed E-state index contributed by atoms with van der Waals surface area (Å²) >= 11 is 0. The van der Waals surface area contributed by atoms with Crippen molar-refractivity contribution >= 4 is 11.6 Å². The Kier molecular flexibility index (Phi) is 4.93. The lowest BCUT2D eigenvalue weighted by molar-refractivity contribution is -0.116. The third-order valence-corrected chi connectivity index (χ3v) is 4.00. The van der Waals surface area contributed by atoms with Crippen LogP contribution in [0.1, 0.15) is 23.4 Å². The number of carbonyl (C=O) groups is 1. The first kappa shape index (κ1) is 16.9. The average molecular weight is 338 g/mol. The first-order valence-corrected chi connectivity index (χ1v) is 8.10. The number of hydrogen-bond donors (Lipinski definition) is 1. The summed E-state index contributed by atoms with van der Waals surface area (Å²) in [7, 11) is 0. The zero-order valence-corrected chi connectivity index (χ0v) is 14.2. The van der Waals surface area contributed by atoms with Gasteiger partial charge in [-0.05, 0) is 50.1 Å². The molecule has 0 aliphatic carbocycles. The maximum atomic E-state index is 13.6. The standard InChI is InChI=1S/C20H19FN2O2/c1-13-14(2)25-20(22-13)16-7-5-8-17(12-16)23-19(24)11-10-15-6-3-4-9-18(15)21/h3-9,12H,10-11H2,1-2H3,(H,23,24). The van der Waals surface area contributed by atoms with Gasteiger partial charge in [-0.2, -0.15) is 0 Å². The van der Waals surface area contributed by atoms with Crippen LogP contribution in [-0.4, -0.2) is 10.9 Å². The van der Waals surface area contributed by atoms with Crippen molar-refractivity contribution in [2.75, 3.05) is 5.32 Å². The lowest BCUT2D eigenvalue weighted by Gasteiger charge is -2.07. The Bertz CT molecular complexity index is 883. The second-order valence-corrected chi connectivity index (χ2v) is 5.88. The molecule has 0 radical (unpaired) electrons. The number of aromatic nitrogens is 1. The SMILES string of the molecule is Cc1nc(-c2cccc(NC(=O)CCc3ccccc3F)c2)oc1C. The molecule has 0 spiro atoms. The summed E-state index contributed by atoms with van der Waals surface area (Å²) in [4.78, 5) is 16.5. The summed E-state index contributed by atoms with van der Waals surface area (Å²) in [6.45, 7) is 3.75. The fraction of sp³-hybridized carbons (Fsp3) is 0.200. The number of oxazole rings is 1. The number of nitrogens with one attached hydrogen (secondary N) is 1. The molecule has 25 heavy (non-hydrogen) atoms. The third-order valence-electron chi connectivity index (χ3n) is 4.00. The fourth-order valence-electron chi connectivity index (χ4n) is 2.50. The largest absolute Gasteiger partial charge is 0.441 e. The van der Waals surface area contributed by atoms with Crippen LogP contribution in [0.15, 0.2) is 52.9 Å². The number of rotatable bonds is 5. The van der Waals surface area contributed by atoms with Crippen LogP contribution in [0.3, 0.4) is 0 Å². The number of halogens is 1. The van der Waals surface area contributed by atoms with Crippen molar-refractivity contribution in [1.82, 2.24) is 4.98 Å². The van der Waals surface area contributed by atoms with Gasteiger partial charge in [-0.15, -0.1) is 0 Å². The molecular formula is C20H19FN2O2. The molecule has 0 saturated heterocycles. The summed E-state index contributed by atoms with van der Waals surface area (Å²) in [5.41, 5.74) is 2.83. The molecule has 1 heterocycles. The van der Waals surface area contributed by atoms with Gasteiger partial charge in [-0.25, -0.2) is 9.37 Å². The van der Waals surface area contributed by atoms with Crippen LogP contribution in [0.25, 0.3) is 11.5 Å². The maximum Gasteiger partial charge on any atom is 0.226 e. The van der Waals surface area contributed by atoms with Gasteiger partial charge in [-0.3, -0.25) is 4.79 Å². The molecule has 3 rings (SSSR count). The van der Waals surface area contributed by atoms with Crippen LogP contribution in [0.2, 0.25) is 0 Å². The summed E-state index contributed by atoms with van der Waals surface area (Å²) in [5.74, 6) is 0.846. The van der Waals surface area contributed by atoms with Crippen LogP contribution < -0.4 is 5.32 Å². The first-order chi connectivity index (χ1) is 12.0. The highest BCUT2D eigenvalue weighted by Crippen LogP contribution is 2.24. The fourth-order valence-corrected chi connectivity index (χ4v) is 2.50. The van der Waals surface area contributed by atoms with Crippen LogP contribution in [0, 0.1) is 19.7 Å². The van der Waals surface area contributed by atoms with E-state index in [4.69, 9.17) is 4.42 Å². The molecular weight excluding hydrogens is 319 g/mol. The number of nitrogens with zero attached hydrogens (tertiary/aromatic N) is 1. The Labute approximate surface area is 145 Å². The lowest BCUT2D eigenvalue weighted by Crippen LogP contribution is -2.12. The number of amides is 1. The predicted octanol–water partition coefficient (Wildman–Crippen LogP) is 4.67. The molecule has 0 unspecified atom stereocenters. The summed E-state index contributed by atoms with van der Waals surface area (Å²) in [6.07, 6.45) is 0.568. The van der Waals surface area contributed by atoms with Crippen molar-refractivity contribution < 1.29 is 13.6 Å². The van der Waals surface area contributed by atoms with Gasteiger partial charge < -0.3 is 9.73 Å². The van der Waals surface area contributed by atoms with E-state index in [1.165, 1.54) is 6.07 Å². The topological polar surface area (TPSA) is 55.1 Å². The molecule has 128 valence electrons. The highest BCUT2D eigenvalue weighted by Gasteiger charge is 2.10. The molecule has 1 aromatic heterocycles. The van der Waals surface area contributed by atoms with Gasteiger partial charge in [0.1, 0.15) is 11.6 Å². The minimum Gasteiger partial charge on any atom is -0.441 e. The Morgan fingerprint density at radius 1 is 1.16 bits per heavy atom. The molecule has 0 aliphatic heterocycles. The maximum absolute atomic E-state index is 13.6. The zero-order valence-electron chi connectivity index (χ0n) is 14.2. The van der Waals surface area contributed by atoms with E-state index < -0.39 is 0 Å². The number of anilines is 1. The van der Waals surface area contributed by atoms with Crippen LogP contribution in [0.5, 0.6) is 0 Å². The molecule has 1 amide bonds. The van der Waals surface area contributed by atoms with Crippen LogP contribution >= 0.6 is 0 Å². The van der Waals surface area contributed by atoms with Gasteiger partial charge in [0, 0.05) is 17.7 Å². The molecule has 2 aromatic carbocycles. The Balaban J connectivity index is 1.65. The summed E-state index contributed by atoms with van der Waals surface area (Å²) < 4.78 is 19.2. The monoisotopic (exact) mass is 338 g/mol. The first-order valence-electron chi connectivity index (χ1n) is 8.10. The number of aryl methyl sites for hydroxylation is 3. The Hall–Kier alpha value is -2.95. The second-order valence-electron chi connectivity index (χ2n) is 5.88. The zero-order chi connectivity index (χ0) is 17.8. The smallest absolute Gasteiger partial charge is 0.226 e. The van der Waals surface area contributed by atoms with Crippen LogP contribution in [-0.2, 0) is 11.2 Å². The quantitative estimate of drug-likeness (QED) is 0.735. The number of benzene rings is 2. The van der Waals surface area contributed by atoms with E-state index in [0.717, 1.165) is 17.0 Å². The van der Waals surface area contributed by atoms with Gasteiger partial charge in [0.2, 0.25) is 11.8 Å². The highest BCUT2D eigenvalue weighted by molar-refractivity contribution is 5.91. The van der Waals surface area contributed by atoms with Gasteiger partial charge in [0.05, 0.1) is 5.69 Å². The van der Waals surface area contributed by atoms with Crippen molar-refractivity contribution in [3.8, 4) is 11.5 Å². The van der Waals surface area contributed by atoms with Gasteiger partial charge in [0.25, 0.3) is 0 Å². The Morgan fingerprint density at radius 2 is 1.96 bits per heavy atom. The molecule has 0 bridgehead atoms. The van der Waals surface area contributed by atoms with Gasteiger partial charge >= 0.3 is 0 Å². The van der Waals surface area contributed by atoms with Crippen molar-refractivity contribution in [3.05, 3.63) is 71.4 Å². The Morgan fingerprint density at radius 3 is 2.68 bits per heavy atom. The lowest BCUT2D eigenvalue weighted by atomic mass is 10.1. The average Bonchev–Trinajstić information content (AvgIpc) is 2.93. The van der Waals surface area contributed by atoms with Crippen molar-refractivity contribution in [3.63, 3.8) is 0 Å². The minimum atomic E-state index is -0.285. The molecule has 0 saturated carbocycles. The van der Waals surface area contributed by atoms with Crippen molar-refractivity contribution in [1.29, 1.82) is 0 Å². The molecule has 4 nitrogen and oxygen atoms in total. The van der Waals surface area contributed by atoms with Gasteiger partial charge in [-0.1, -0.05) is 24.3 Å². The van der Waals surface area contributed by atoms with E-state index in [1.54, 1.807) is 24.3 Å². The molecule has 3 aromatic rings. The third kappa shape index (κ3) is 4.12. The minimum absolute atomic E-state index is 0.167. The highest BCUT2D eigenvalue weighted by atomic mass is 19.1. The number of carbonyl (C=O) groups excluding carboxylic acids is 1. The molecule has 0 aliphatic rings. The summed E-state index contributed by atoms with van der Waals surface area (Å²) in [5, 5.41) is 2.83. The predicted molar refractivity (Wildman–Crippen MR) is 94.8 cm³/mol.